The van der Waals surface area contributed by atoms with Crippen LogP contribution in [0.5, 0.6) is 0 Å². The number of likely N-dealkylation sites (tertiary alicyclic amines) is 1. The molecule has 26 heavy (non-hydrogen) atoms. The molecule has 0 aromatic heterocycles. The second kappa shape index (κ2) is 11.8. The zero-order valence-corrected chi connectivity index (χ0v) is 17.1. The molecule has 6 heteroatoms. The van der Waals surface area contributed by atoms with E-state index < -0.39 is 0 Å². The quantitative estimate of drug-likeness (QED) is 0.793. The van der Waals surface area contributed by atoms with Gasteiger partial charge in [0.15, 0.2) is 0 Å². The Hall–Kier alpha value is -0.810. The molecule has 2 fully saturated rings. The Morgan fingerprint density at radius 3 is 2.58 bits per heavy atom. The Kier molecular flexibility index (Phi) is 10.6. The summed E-state index contributed by atoms with van der Waals surface area (Å²) in [5.41, 5.74) is 7.38. The molecular formula is C20H33Cl2N3O. The van der Waals surface area contributed by atoms with Gasteiger partial charge in [-0.3, -0.25) is 9.69 Å². The second-order valence-corrected chi connectivity index (χ2v) is 7.47. The Balaban J connectivity index is 0.00000169. The summed E-state index contributed by atoms with van der Waals surface area (Å²) < 4.78 is 0. The molecule has 1 aliphatic heterocycles. The third kappa shape index (κ3) is 6.73. The number of nitrogens with two attached hydrogens (primary N) is 1. The Labute approximate surface area is 170 Å². The number of halogens is 2. The highest BCUT2D eigenvalue weighted by Gasteiger charge is 2.27. The zero-order valence-electron chi connectivity index (χ0n) is 15.4. The smallest absolute Gasteiger partial charge is 0.223 e. The predicted octanol–water partition coefficient (Wildman–Crippen LogP) is 3.52. The third-order valence-corrected chi connectivity index (χ3v) is 5.58. The molecule has 1 heterocycles. The van der Waals surface area contributed by atoms with E-state index in [2.05, 4.69) is 40.5 Å². The number of amides is 1. The van der Waals surface area contributed by atoms with Crippen molar-refractivity contribution in [1.82, 2.24) is 10.2 Å². The van der Waals surface area contributed by atoms with Crippen LogP contribution in [-0.4, -0.2) is 36.0 Å². The Morgan fingerprint density at radius 2 is 1.85 bits per heavy atom. The summed E-state index contributed by atoms with van der Waals surface area (Å²) in [5, 5.41) is 3.22. The average Bonchev–Trinajstić information content (AvgIpc) is 2.61. The first-order valence-electron chi connectivity index (χ1n) is 9.53. The monoisotopic (exact) mass is 401 g/mol. The van der Waals surface area contributed by atoms with Crippen molar-refractivity contribution in [2.24, 2.45) is 11.7 Å². The first-order chi connectivity index (χ1) is 11.7. The molecule has 0 radical (unpaired) electrons. The fourth-order valence-corrected chi connectivity index (χ4v) is 4.15. The van der Waals surface area contributed by atoms with Crippen molar-refractivity contribution in [2.45, 2.75) is 63.6 Å². The highest BCUT2D eigenvalue weighted by Crippen LogP contribution is 2.24. The molecule has 0 spiro atoms. The van der Waals surface area contributed by atoms with E-state index in [0.29, 0.717) is 6.04 Å². The van der Waals surface area contributed by atoms with Crippen molar-refractivity contribution in [2.75, 3.05) is 13.1 Å². The third-order valence-electron chi connectivity index (χ3n) is 5.58. The van der Waals surface area contributed by atoms with Crippen molar-refractivity contribution >= 4 is 30.7 Å². The molecule has 3 unspecified atom stereocenters. The van der Waals surface area contributed by atoms with Crippen LogP contribution in [0.1, 0.15) is 50.5 Å². The van der Waals surface area contributed by atoms with E-state index in [1.807, 2.05) is 0 Å². The molecule has 148 valence electrons. The Morgan fingerprint density at radius 1 is 1.08 bits per heavy atom. The molecule has 0 bridgehead atoms. The molecule has 2 aliphatic rings. The molecule has 1 saturated heterocycles. The van der Waals surface area contributed by atoms with Gasteiger partial charge in [-0.25, -0.2) is 0 Å². The fraction of sp³-hybridized carbons (Fsp3) is 0.650. The van der Waals surface area contributed by atoms with E-state index in [4.69, 9.17) is 5.73 Å². The highest BCUT2D eigenvalue weighted by molar-refractivity contribution is 5.85. The van der Waals surface area contributed by atoms with Crippen molar-refractivity contribution in [3.63, 3.8) is 0 Å². The van der Waals surface area contributed by atoms with E-state index >= 15 is 0 Å². The summed E-state index contributed by atoms with van der Waals surface area (Å²) in [6, 6.07) is 11.3. The Bertz CT molecular complexity index is 529. The molecule has 1 saturated carbocycles. The van der Waals surface area contributed by atoms with Gasteiger partial charge in [-0.1, -0.05) is 43.2 Å². The minimum atomic E-state index is 0. The van der Waals surface area contributed by atoms with Crippen LogP contribution in [0.3, 0.4) is 0 Å². The van der Waals surface area contributed by atoms with Gasteiger partial charge >= 0.3 is 0 Å². The van der Waals surface area contributed by atoms with Gasteiger partial charge < -0.3 is 11.1 Å². The number of hydrogen-bond acceptors (Lipinski definition) is 3. The van der Waals surface area contributed by atoms with E-state index in [0.717, 1.165) is 45.3 Å². The van der Waals surface area contributed by atoms with Crippen LogP contribution in [0.2, 0.25) is 0 Å². The SMILES string of the molecule is Cl.Cl.NC1CCCC(C(=O)NCC2CCCCN2Cc2ccccc2)C1. The van der Waals surface area contributed by atoms with Crippen molar-refractivity contribution < 1.29 is 4.79 Å². The van der Waals surface area contributed by atoms with E-state index in [1.165, 1.54) is 24.8 Å². The summed E-state index contributed by atoms with van der Waals surface area (Å²) in [5.74, 6) is 0.343. The van der Waals surface area contributed by atoms with E-state index in [1.54, 1.807) is 0 Å². The molecule has 1 aromatic rings. The minimum absolute atomic E-state index is 0. The number of carbonyl (C=O) groups is 1. The van der Waals surface area contributed by atoms with Gasteiger partial charge in [0.25, 0.3) is 0 Å². The lowest BCUT2D eigenvalue weighted by Gasteiger charge is -2.36. The molecule has 1 aromatic carbocycles. The predicted molar refractivity (Wildman–Crippen MR) is 112 cm³/mol. The van der Waals surface area contributed by atoms with Gasteiger partial charge in [-0.2, -0.15) is 0 Å². The standard InChI is InChI=1S/C20H31N3O.2ClH/c21-18-10-6-9-17(13-18)20(24)22-14-19-11-4-5-12-23(19)15-16-7-2-1-3-8-16;;/h1-3,7-8,17-19H,4-6,9-15,21H2,(H,22,24);2*1H. The molecular weight excluding hydrogens is 369 g/mol. The molecule has 1 aliphatic carbocycles. The average molecular weight is 402 g/mol. The van der Waals surface area contributed by atoms with Gasteiger partial charge in [0.05, 0.1) is 0 Å². The first-order valence-corrected chi connectivity index (χ1v) is 9.53. The topological polar surface area (TPSA) is 58.4 Å². The van der Waals surface area contributed by atoms with E-state index in [-0.39, 0.29) is 42.7 Å². The van der Waals surface area contributed by atoms with Crippen LogP contribution in [0, 0.1) is 5.92 Å². The number of hydrogen-bond donors (Lipinski definition) is 2. The van der Waals surface area contributed by atoms with Crippen LogP contribution >= 0.6 is 24.8 Å². The van der Waals surface area contributed by atoms with Gasteiger partial charge in [0.1, 0.15) is 0 Å². The van der Waals surface area contributed by atoms with Crippen LogP contribution in [-0.2, 0) is 11.3 Å². The zero-order chi connectivity index (χ0) is 16.8. The number of benzene rings is 1. The van der Waals surface area contributed by atoms with Crippen molar-refractivity contribution in [1.29, 1.82) is 0 Å². The normalized spacial score (nSPS) is 26.3. The van der Waals surface area contributed by atoms with Crippen LogP contribution in [0.15, 0.2) is 30.3 Å². The molecule has 1 amide bonds. The summed E-state index contributed by atoms with van der Waals surface area (Å²) >= 11 is 0. The maximum absolute atomic E-state index is 12.5. The largest absolute Gasteiger partial charge is 0.354 e. The molecule has 3 atom stereocenters. The van der Waals surface area contributed by atoms with Gasteiger partial charge in [-0.15, -0.1) is 24.8 Å². The molecule has 3 N–H and O–H groups in total. The van der Waals surface area contributed by atoms with Gasteiger partial charge in [0.2, 0.25) is 5.91 Å². The maximum Gasteiger partial charge on any atom is 0.223 e. The summed E-state index contributed by atoms with van der Waals surface area (Å²) in [6.07, 6.45) is 7.70. The molecule has 3 rings (SSSR count). The number of nitrogens with zero attached hydrogens (tertiary/aromatic N) is 1. The van der Waals surface area contributed by atoms with Gasteiger partial charge in [-0.05, 0) is 44.2 Å². The summed E-state index contributed by atoms with van der Waals surface area (Å²) in [7, 11) is 0. The van der Waals surface area contributed by atoms with Gasteiger partial charge in [0, 0.05) is 31.1 Å². The molecule has 4 nitrogen and oxygen atoms in total. The summed E-state index contributed by atoms with van der Waals surface area (Å²) in [6.45, 7) is 2.89. The highest BCUT2D eigenvalue weighted by atomic mass is 35.5. The lowest BCUT2D eigenvalue weighted by molar-refractivity contribution is -0.126. The lowest BCUT2D eigenvalue weighted by atomic mass is 9.85. The lowest BCUT2D eigenvalue weighted by Crippen LogP contribution is -2.48. The summed E-state index contributed by atoms with van der Waals surface area (Å²) in [4.78, 5) is 15.0. The van der Waals surface area contributed by atoms with E-state index in [9.17, 15) is 4.79 Å². The fourth-order valence-electron chi connectivity index (χ4n) is 4.15. The number of piperidine rings is 1. The number of carbonyl (C=O) groups excluding carboxylic acids is 1. The maximum atomic E-state index is 12.5. The number of nitrogens with one attached hydrogen (secondary N) is 1. The van der Waals surface area contributed by atoms with Crippen LogP contribution in [0.4, 0.5) is 0 Å². The first kappa shape index (κ1) is 23.2. The second-order valence-electron chi connectivity index (χ2n) is 7.47. The number of rotatable bonds is 5. The van der Waals surface area contributed by atoms with Crippen LogP contribution in [0.25, 0.3) is 0 Å². The van der Waals surface area contributed by atoms with Crippen LogP contribution < -0.4 is 11.1 Å². The van der Waals surface area contributed by atoms with Crippen molar-refractivity contribution in [3.8, 4) is 0 Å². The minimum Gasteiger partial charge on any atom is -0.354 e. The van der Waals surface area contributed by atoms with Crippen molar-refractivity contribution in [3.05, 3.63) is 35.9 Å².